The monoisotopic (exact) mass is 521 g/mol. The molecule has 0 aliphatic carbocycles. The third-order valence-electron chi connectivity index (χ3n) is 5.30. The summed E-state index contributed by atoms with van der Waals surface area (Å²) in [5.74, 6) is -0.351. The molecule has 0 bridgehead atoms. The van der Waals surface area contributed by atoms with E-state index >= 15 is 0 Å². The first-order chi connectivity index (χ1) is 16.2. The SMILES string of the molecule is CN(CCCc1noc2cc(F)ccc12)Cc1cccc(NS(=O)(=O)c2ccc(Cl)c(Cl)c2)c1. The summed E-state index contributed by atoms with van der Waals surface area (Å²) in [6, 6.07) is 15.8. The predicted molar refractivity (Wildman–Crippen MR) is 132 cm³/mol. The predicted octanol–water partition coefficient (Wildman–Crippen LogP) is 6.14. The van der Waals surface area contributed by atoms with Gasteiger partial charge in [0.05, 0.1) is 20.6 Å². The van der Waals surface area contributed by atoms with Crippen LogP contribution in [0.1, 0.15) is 17.7 Å². The van der Waals surface area contributed by atoms with Gasteiger partial charge in [0.25, 0.3) is 10.0 Å². The fourth-order valence-electron chi connectivity index (χ4n) is 3.64. The number of nitrogens with one attached hydrogen (secondary N) is 1. The number of halogens is 3. The number of hydrogen-bond donors (Lipinski definition) is 1. The van der Waals surface area contributed by atoms with Gasteiger partial charge in [0.15, 0.2) is 5.58 Å². The van der Waals surface area contributed by atoms with Crippen molar-refractivity contribution in [3.63, 3.8) is 0 Å². The van der Waals surface area contributed by atoms with Crippen molar-refractivity contribution in [2.45, 2.75) is 24.3 Å². The number of fused-ring (bicyclic) bond motifs is 1. The van der Waals surface area contributed by atoms with Crippen LogP contribution < -0.4 is 4.72 Å². The first kappa shape index (κ1) is 24.5. The number of sulfonamides is 1. The van der Waals surface area contributed by atoms with Crippen LogP contribution in [-0.2, 0) is 23.0 Å². The minimum absolute atomic E-state index is 0.0348. The van der Waals surface area contributed by atoms with E-state index in [0.717, 1.165) is 29.6 Å². The third-order valence-corrected chi connectivity index (χ3v) is 7.41. The van der Waals surface area contributed by atoms with Crippen molar-refractivity contribution >= 4 is 49.9 Å². The first-order valence-electron chi connectivity index (χ1n) is 10.5. The summed E-state index contributed by atoms with van der Waals surface area (Å²) in [6.45, 7) is 1.42. The Bertz CT molecular complexity index is 1430. The zero-order chi connectivity index (χ0) is 24.3. The molecule has 1 aromatic heterocycles. The summed E-state index contributed by atoms with van der Waals surface area (Å²) in [7, 11) is -1.81. The third kappa shape index (κ3) is 5.88. The quantitative estimate of drug-likeness (QED) is 0.286. The Morgan fingerprint density at radius 1 is 1.06 bits per heavy atom. The van der Waals surface area contributed by atoms with Gasteiger partial charge in [-0.3, -0.25) is 4.72 Å². The maximum Gasteiger partial charge on any atom is 0.261 e. The summed E-state index contributed by atoms with van der Waals surface area (Å²) >= 11 is 11.8. The molecule has 1 heterocycles. The second-order valence-corrected chi connectivity index (χ2v) is 10.5. The van der Waals surface area contributed by atoms with Crippen LogP contribution >= 0.6 is 23.2 Å². The molecule has 4 aromatic rings. The second kappa shape index (κ2) is 10.3. The van der Waals surface area contributed by atoms with Gasteiger partial charge in [-0.15, -0.1) is 0 Å². The van der Waals surface area contributed by atoms with E-state index < -0.39 is 10.0 Å². The summed E-state index contributed by atoms with van der Waals surface area (Å²) < 4.78 is 46.5. The van der Waals surface area contributed by atoms with E-state index in [2.05, 4.69) is 14.8 Å². The average Bonchev–Trinajstić information content (AvgIpc) is 3.17. The normalized spacial score (nSPS) is 11.9. The molecule has 3 aromatic carbocycles. The Hall–Kier alpha value is -2.65. The number of aromatic nitrogens is 1. The molecule has 0 aliphatic heterocycles. The second-order valence-electron chi connectivity index (χ2n) is 7.99. The number of nitrogens with zero attached hydrogens (tertiary/aromatic N) is 2. The van der Waals surface area contributed by atoms with E-state index in [-0.39, 0.29) is 20.8 Å². The van der Waals surface area contributed by atoms with Crippen LogP contribution in [0.3, 0.4) is 0 Å². The van der Waals surface area contributed by atoms with Crippen molar-refractivity contribution in [3.8, 4) is 0 Å². The van der Waals surface area contributed by atoms with Gasteiger partial charge in [-0.1, -0.05) is 40.5 Å². The first-order valence-corrected chi connectivity index (χ1v) is 12.7. The van der Waals surface area contributed by atoms with Crippen LogP contribution in [0.5, 0.6) is 0 Å². The van der Waals surface area contributed by atoms with Gasteiger partial charge in [-0.05, 0) is 74.5 Å². The van der Waals surface area contributed by atoms with E-state index in [4.69, 9.17) is 27.7 Å². The van der Waals surface area contributed by atoms with Gasteiger partial charge < -0.3 is 9.42 Å². The highest BCUT2D eigenvalue weighted by atomic mass is 35.5. The molecule has 0 amide bonds. The molecule has 1 N–H and O–H groups in total. The fourth-order valence-corrected chi connectivity index (χ4v) is 5.08. The van der Waals surface area contributed by atoms with Crippen molar-refractivity contribution in [2.24, 2.45) is 0 Å². The number of benzene rings is 3. The summed E-state index contributed by atoms with van der Waals surface area (Å²) in [4.78, 5) is 2.17. The van der Waals surface area contributed by atoms with Gasteiger partial charge in [-0.2, -0.15) is 0 Å². The molecule has 0 saturated heterocycles. The lowest BCUT2D eigenvalue weighted by molar-refractivity contribution is 0.320. The van der Waals surface area contributed by atoms with Crippen molar-refractivity contribution in [3.05, 3.63) is 87.8 Å². The molecule has 34 heavy (non-hydrogen) atoms. The lowest BCUT2D eigenvalue weighted by Gasteiger charge is -2.17. The molecular formula is C24H22Cl2FN3O3S. The number of rotatable bonds is 9. The molecule has 10 heteroatoms. The van der Waals surface area contributed by atoms with E-state index in [1.807, 2.05) is 13.1 Å². The molecule has 0 atom stereocenters. The van der Waals surface area contributed by atoms with Gasteiger partial charge >= 0.3 is 0 Å². The van der Waals surface area contributed by atoms with Crippen LogP contribution in [0, 0.1) is 5.82 Å². The molecule has 0 spiro atoms. The molecule has 0 radical (unpaired) electrons. The standard InChI is InChI=1S/C24H22Cl2FN3O3S/c1-30(11-3-6-23-20-9-7-17(27)13-24(20)33-28-23)15-16-4-2-5-18(12-16)29-34(31,32)19-8-10-21(25)22(26)14-19/h2,4-5,7-10,12-14,29H,3,6,11,15H2,1H3. The summed E-state index contributed by atoms with van der Waals surface area (Å²) in [5.41, 5.74) is 2.67. The zero-order valence-corrected chi connectivity index (χ0v) is 20.6. The van der Waals surface area contributed by atoms with Gasteiger partial charge in [0, 0.05) is 23.7 Å². The fraction of sp³-hybridized carbons (Fsp3) is 0.208. The Morgan fingerprint density at radius 3 is 2.68 bits per heavy atom. The topological polar surface area (TPSA) is 75.4 Å². The molecule has 0 unspecified atom stereocenters. The van der Waals surface area contributed by atoms with Gasteiger partial charge in [0.1, 0.15) is 5.82 Å². The number of hydrogen-bond acceptors (Lipinski definition) is 5. The minimum Gasteiger partial charge on any atom is -0.356 e. The Labute approximate surface area is 207 Å². The highest BCUT2D eigenvalue weighted by Crippen LogP contribution is 2.26. The molecule has 0 saturated carbocycles. The highest BCUT2D eigenvalue weighted by Gasteiger charge is 2.16. The maximum absolute atomic E-state index is 13.3. The zero-order valence-electron chi connectivity index (χ0n) is 18.3. The van der Waals surface area contributed by atoms with Crippen molar-refractivity contribution in [1.29, 1.82) is 0 Å². The van der Waals surface area contributed by atoms with E-state index in [9.17, 15) is 12.8 Å². The Morgan fingerprint density at radius 2 is 1.88 bits per heavy atom. The van der Waals surface area contributed by atoms with E-state index in [0.29, 0.717) is 24.2 Å². The molecule has 6 nitrogen and oxygen atoms in total. The summed E-state index contributed by atoms with van der Waals surface area (Å²) in [5, 5.41) is 5.34. The van der Waals surface area contributed by atoms with E-state index in [1.165, 1.54) is 30.3 Å². The van der Waals surface area contributed by atoms with Crippen LogP contribution in [0.15, 0.2) is 70.1 Å². The molecular weight excluding hydrogens is 500 g/mol. The Balaban J connectivity index is 1.34. The molecule has 4 rings (SSSR count). The maximum atomic E-state index is 13.3. The molecule has 0 aliphatic rings. The molecule has 178 valence electrons. The van der Waals surface area contributed by atoms with Crippen molar-refractivity contribution in [1.82, 2.24) is 10.1 Å². The number of anilines is 1. The average molecular weight is 522 g/mol. The molecule has 0 fully saturated rings. The van der Waals surface area contributed by atoms with Crippen molar-refractivity contribution < 1.29 is 17.3 Å². The lowest BCUT2D eigenvalue weighted by atomic mass is 10.1. The minimum atomic E-state index is -3.80. The lowest BCUT2D eigenvalue weighted by Crippen LogP contribution is -2.20. The van der Waals surface area contributed by atoms with Crippen LogP contribution in [0.2, 0.25) is 10.0 Å². The van der Waals surface area contributed by atoms with Gasteiger partial charge in [0.2, 0.25) is 0 Å². The van der Waals surface area contributed by atoms with Crippen LogP contribution in [0.4, 0.5) is 10.1 Å². The largest absolute Gasteiger partial charge is 0.356 e. The highest BCUT2D eigenvalue weighted by molar-refractivity contribution is 7.92. The Kier molecular flexibility index (Phi) is 7.42. The number of aryl methyl sites for hydroxylation is 1. The van der Waals surface area contributed by atoms with Crippen LogP contribution in [-0.4, -0.2) is 32.1 Å². The van der Waals surface area contributed by atoms with Crippen molar-refractivity contribution in [2.75, 3.05) is 18.3 Å². The summed E-state index contributed by atoms with van der Waals surface area (Å²) in [6.07, 6.45) is 1.53. The van der Waals surface area contributed by atoms with E-state index in [1.54, 1.807) is 24.3 Å². The van der Waals surface area contributed by atoms with Gasteiger partial charge in [-0.25, -0.2) is 12.8 Å². The van der Waals surface area contributed by atoms with Crippen LogP contribution in [0.25, 0.3) is 11.0 Å². The smallest absolute Gasteiger partial charge is 0.261 e.